The van der Waals surface area contributed by atoms with Crippen LogP contribution in [-0.2, 0) is 28.6 Å². The van der Waals surface area contributed by atoms with Crippen LogP contribution in [0.15, 0.2) is 97.2 Å². The van der Waals surface area contributed by atoms with Crippen molar-refractivity contribution in [1.29, 1.82) is 0 Å². The van der Waals surface area contributed by atoms with Gasteiger partial charge in [0.1, 0.15) is 13.2 Å². The van der Waals surface area contributed by atoms with Crippen molar-refractivity contribution >= 4 is 17.9 Å². The van der Waals surface area contributed by atoms with Crippen LogP contribution in [-0.4, -0.2) is 37.2 Å². The molecule has 0 N–H and O–H groups in total. The Morgan fingerprint density at radius 3 is 0.803 bits per heavy atom. The molecule has 0 rings (SSSR count). The van der Waals surface area contributed by atoms with Crippen LogP contribution in [0.3, 0.4) is 0 Å². The highest BCUT2D eigenvalue weighted by Crippen LogP contribution is 2.17. The largest absolute Gasteiger partial charge is 0.462 e. The van der Waals surface area contributed by atoms with Gasteiger partial charge in [-0.1, -0.05) is 291 Å². The highest BCUT2D eigenvalue weighted by molar-refractivity contribution is 5.71. The van der Waals surface area contributed by atoms with E-state index in [2.05, 4.69) is 118 Å². The van der Waals surface area contributed by atoms with Crippen molar-refractivity contribution in [3.63, 3.8) is 0 Å². The van der Waals surface area contributed by atoms with Crippen LogP contribution >= 0.6 is 0 Å². The highest BCUT2D eigenvalue weighted by atomic mass is 16.6. The van der Waals surface area contributed by atoms with E-state index in [4.69, 9.17) is 14.2 Å². The summed E-state index contributed by atoms with van der Waals surface area (Å²) in [6.45, 7) is 6.41. The van der Waals surface area contributed by atoms with Crippen LogP contribution in [0.5, 0.6) is 0 Å². The fraction of sp³-hybridized carbons (Fsp3) is 0.729. The molecule has 1 atom stereocenters. The van der Waals surface area contributed by atoms with Gasteiger partial charge in [-0.3, -0.25) is 14.4 Å². The number of hydrogen-bond acceptors (Lipinski definition) is 6. The fourth-order valence-electron chi connectivity index (χ4n) is 9.07. The van der Waals surface area contributed by atoms with Gasteiger partial charge in [0.15, 0.2) is 6.10 Å². The first kappa shape index (κ1) is 72.3. The highest BCUT2D eigenvalue weighted by Gasteiger charge is 2.19. The SMILES string of the molecule is CC/C=C\C/C=C\C/C=C\C/C=C\CCCCCCCCCCCCCCCCC(=O)OCC(COC(=O)CCCCCCCCCC)OC(=O)CCCCCCCCCCCC/C=C\C/C=C\C/C=C\C/C=C\CC. The van der Waals surface area contributed by atoms with E-state index in [9.17, 15) is 14.4 Å². The van der Waals surface area contributed by atoms with Gasteiger partial charge in [-0.25, -0.2) is 0 Å². The van der Waals surface area contributed by atoms with E-state index < -0.39 is 6.10 Å². The van der Waals surface area contributed by atoms with E-state index in [1.165, 1.54) is 161 Å². The van der Waals surface area contributed by atoms with Crippen molar-refractivity contribution in [2.75, 3.05) is 13.2 Å². The van der Waals surface area contributed by atoms with Gasteiger partial charge in [0, 0.05) is 19.3 Å². The molecule has 1 unspecified atom stereocenters. The Labute approximate surface area is 470 Å². The smallest absolute Gasteiger partial charge is 0.306 e. The Balaban J connectivity index is 4.16. The molecule has 0 aromatic heterocycles. The second-order valence-corrected chi connectivity index (χ2v) is 21.3. The summed E-state index contributed by atoms with van der Waals surface area (Å²) < 4.78 is 16.9. The molecule has 6 nitrogen and oxygen atoms in total. The summed E-state index contributed by atoms with van der Waals surface area (Å²) in [6, 6.07) is 0. The number of rotatable bonds is 58. The number of carbonyl (C=O) groups excluding carboxylic acids is 3. The standard InChI is InChI=1S/C70H120O6/c1-4-7-10-13-16-19-21-23-25-27-29-31-33-34-35-36-38-39-41-43-45-47-49-51-54-57-60-63-69(72)75-66-67(65-74-68(71)62-59-56-53-18-15-12-9-6-3)76-70(73)64-61-58-55-52-50-48-46-44-42-40-37-32-30-28-26-24-22-20-17-14-11-8-5-2/h7-8,10-11,16-17,19-20,23-26,29-32,67H,4-6,9,12-15,18,21-22,27-28,33-66H2,1-3H3/b10-7-,11-8-,19-16-,20-17-,25-23-,26-24-,31-29-,32-30-. The number of allylic oxidation sites excluding steroid dienone is 16. The molecule has 0 aromatic rings. The van der Waals surface area contributed by atoms with E-state index >= 15 is 0 Å². The van der Waals surface area contributed by atoms with Crippen LogP contribution in [0.4, 0.5) is 0 Å². The van der Waals surface area contributed by atoms with Crippen LogP contribution in [0.2, 0.25) is 0 Å². The lowest BCUT2D eigenvalue weighted by Crippen LogP contribution is -2.30. The molecule has 6 heteroatoms. The number of esters is 3. The maximum Gasteiger partial charge on any atom is 0.306 e. The van der Waals surface area contributed by atoms with Gasteiger partial charge < -0.3 is 14.2 Å². The molecule has 0 spiro atoms. The van der Waals surface area contributed by atoms with Gasteiger partial charge in [0.2, 0.25) is 0 Å². The van der Waals surface area contributed by atoms with Crippen molar-refractivity contribution in [2.45, 2.75) is 316 Å². The fourth-order valence-corrected chi connectivity index (χ4v) is 9.07. The zero-order valence-corrected chi connectivity index (χ0v) is 50.0. The minimum atomic E-state index is -0.778. The number of carbonyl (C=O) groups is 3. The van der Waals surface area contributed by atoms with E-state index in [-0.39, 0.29) is 31.1 Å². The predicted molar refractivity (Wildman–Crippen MR) is 330 cm³/mol. The molecule has 0 saturated heterocycles. The predicted octanol–water partition coefficient (Wildman–Crippen LogP) is 22.0. The Kier molecular flexibility index (Phi) is 60.8. The molecule has 436 valence electrons. The van der Waals surface area contributed by atoms with Gasteiger partial charge in [0.05, 0.1) is 0 Å². The third kappa shape index (κ3) is 61.2. The van der Waals surface area contributed by atoms with Crippen molar-refractivity contribution in [1.82, 2.24) is 0 Å². The topological polar surface area (TPSA) is 78.9 Å². The molecule has 0 aromatic carbocycles. The van der Waals surface area contributed by atoms with Crippen molar-refractivity contribution in [3.8, 4) is 0 Å². The van der Waals surface area contributed by atoms with Gasteiger partial charge in [-0.05, 0) is 96.3 Å². The summed E-state index contributed by atoms with van der Waals surface area (Å²) in [6.07, 6.45) is 85.8. The lowest BCUT2D eigenvalue weighted by molar-refractivity contribution is -0.167. The number of ether oxygens (including phenoxy) is 3. The van der Waals surface area contributed by atoms with Gasteiger partial charge in [-0.2, -0.15) is 0 Å². The normalized spacial score (nSPS) is 12.7. The Morgan fingerprint density at radius 1 is 0.276 bits per heavy atom. The maximum atomic E-state index is 12.9. The second kappa shape index (κ2) is 63.9. The first-order chi connectivity index (χ1) is 37.5. The third-order valence-electron chi connectivity index (χ3n) is 13.8. The van der Waals surface area contributed by atoms with Crippen molar-refractivity contribution in [3.05, 3.63) is 97.2 Å². The molecule has 0 aliphatic rings. The second-order valence-electron chi connectivity index (χ2n) is 21.3. The molecule has 0 aliphatic carbocycles. The molecular weight excluding hydrogens is 937 g/mol. The van der Waals surface area contributed by atoms with Crippen LogP contribution < -0.4 is 0 Å². The van der Waals surface area contributed by atoms with Gasteiger partial charge >= 0.3 is 17.9 Å². The first-order valence-electron chi connectivity index (χ1n) is 32.2. The van der Waals surface area contributed by atoms with Gasteiger partial charge in [0.25, 0.3) is 0 Å². The van der Waals surface area contributed by atoms with E-state index in [1.807, 2.05) is 0 Å². The minimum Gasteiger partial charge on any atom is -0.462 e. The molecule has 0 heterocycles. The average Bonchev–Trinajstić information content (AvgIpc) is 3.42. The molecule has 0 fully saturated rings. The summed E-state index contributed by atoms with van der Waals surface area (Å²) in [7, 11) is 0. The lowest BCUT2D eigenvalue weighted by atomic mass is 10.0. The van der Waals surface area contributed by atoms with Gasteiger partial charge in [-0.15, -0.1) is 0 Å². The lowest BCUT2D eigenvalue weighted by Gasteiger charge is -2.18. The van der Waals surface area contributed by atoms with Crippen LogP contribution in [0.1, 0.15) is 310 Å². The Bertz CT molecular complexity index is 1490. The zero-order valence-electron chi connectivity index (χ0n) is 50.0. The van der Waals surface area contributed by atoms with E-state index in [0.717, 1.165) is 109 Å². The van der Waals surface area contributed by atoms with Crippen molar-refractivity contribution < 1.29 is 28.6 Å². The molecule has 0 radical (unpaired) electrons. The third-order valence-corrected chi connectivity index (χ3v) is 13.8. The van der Waals surface area contributed by atoms with E-state index in [0.29, 0.717) is 19.3 Å². The molecule has 0 bridgehead atoms. The summed E-state index contributed by atoms with van der Waals surface area (Å²) in [5, 5.41) is 0. The summed E-state index contributed by atoms with van der Waals surface area (Å²) in [4.78, 5) is 38.2. The summed E-state index contributed by atoms with van der Waals surface area (Å²) in [5.74, 6) is -0.875. The molecular formula is C70H120O6. The summed E-state index contributed by atoms with van der Waals surface area (Å²) >= 11 is 0. The molecule has 0 aliphatic heterocycles. The summed E-state index contributed by atoms with van der Waals surface area (Å²) in [5.41, 5.74) is 0. The minimum absolute atomic E-state index is 0.0763. The first-order valence-corrected chi connectivity index (χ1v) is 32.2. The Morgan fingerprint density at radius 2 is 0.513 bits per heavy atom. The van der Waals surface area contributed by atoms with E-state index in [1.54, 1.807) is 0 Å². The zero-order chi connectivity index (χ0) is 55.0. The molecule has 76 heavy (non-hydrogen) atoms. The van der Waals surface area contributed by atoms with Crippen molar-refractivity contribution in [2.24, 2.45) is 0 Å². The molecule has 0 amide bonds. The molecule has 0 saturated carbocycles. The Hall–Kier alpha value is -3.67. The quantitative estimate of drug-likeness (QED) is 0.0261. The van der Waals surface area contributed by atoms with Crippen LogP contribution in [0.25, 0.3) is 0 Å². The maximum absolute atomic E-state index is 12.9. The monoisotopic (exact) mass is 1060 g/mol. The number of hydrogen-bond donors (Lipinski definition) is 0. The van der Waals surface area contributed by atoms with Crippen LogP contribution in [0, 0.1) is 0 Å². The number of unbranched alkanes of at least 4 members (excludes halogenated alkanes) is 31. The average molecular weight is 1060 g/mol.